The van der Waals surface area contributed by atoms with Crippen molar-refractivity contribution < 1.29 is 0 Å². The fourth-order valence-corrected chi connectivity index (χ4v) is 0.920. The van der Waals surface area contributed by atoms with E-state index in [4.69, 9.17) is 11.5 Å². The average molecular weight is 146 g/mol. The highest BCUT2D eigenvalue weighted by atomic mass is 32.2. The van der Waals surface area contributed by atoms with Crippen LogP contribution in [-0.4, -0.2) is 18.1 Å². The molecule has 0 amide bonds. The number of thioether (sulfide) groups is 1. The Labute approximate surface area is 60.7 Å². The fraction of sp³-hybridized carbons (Fsp3) is 0.667. The van der Waals surface area contributed by atoms with Crippen molar-refractivity contribution in [3.05, 3.63) is 12.3 Å². The second-order valence-corrected chi connectivity index (χ2v) is 2.95. The Kier molecular flexibility index (Phi) is 4.62. The van der Waals surface area contributed by atoms with Crippen LogP contribution >= 0.6 is 11.8 Å². The molecule has 0 aromatic carbocycles. The van der Waals surface area contributed by atoms with Gasteiger partial charge in [0.1, 0.15) is 0 Å². The van der Waals surface area contributed by atoms with Gasteiger partial charge in [0, 0.05) is 11.7 Å². The third-order valence-electron chi connectivity index (χ3n) is 1.11. The smallest absolute Gasteiger partial charge is 0.0444 e. The van der Waals surface area contributed by atoms with Crippen LogP contribution in [0.2, 0.25) is 0 Å². The first kappa shape index (κ1) is 8.85. The van der Waals surface area contributed by atoms with E-state index in [0.29, 0.717) is 5.70 Å². The van der Waals surface area contributed by atoms with E-state index in [2.05, 4.69) is 6.58 Å². The Bertz CT molecular complexity index is 93.1. The molecule has 0 aromatic heterocycles. The summed E-state index contributed by atoms with van der Waals surface area (Å²) in [5.41, 5.74) is 11.5. The molecule has 54 valence electrons. The monoisotopic (exact) mass is 146 g/mol. The minimum absolute atomic E-state index is 0.0163. The molecule has 0 heterocycles. The summed E-state index contributed by atoms with van der Waals surface area (Å²) in [6.07, 6.45) is 2.97. The number of nitrogens with two attached hydrogens (primary N) is 2. The van der Waals surface area contributed by atoms with Crippen molar-refractivity contribution in [2.75, 3.05) is 12.0 Å². The van der Waals surface area contributed by atoms with Crippen LogP contribution in [0.15, 0.2) is 12.3 Å². The SMILES string of the molecule is C=C(N)[C@@H](N)CCSC. The van der Waals surface area contributed by atoms with Crippen LogP contribution in [0.5, 0.6) is 0 Å². The molecule has 0 radical (unpaired) electrons. The summed E-state index contributed by atoms with van der Waals surface area (Å²) >= 11 is 1.77. The van der Waals surface area contributed by atoms with Gasteiger partial charge < -0.3 is 11.5 Å². The van der Waals surface area contributed by atoms with Gasteiger partial charge in [-0.2, -0.15) is 11.8 Å². The number of hydrogen-bond donors (Lipinski definition) is 2. The van der Waals surface area contributed by atoms with E-state index in [1.54, 1.807) is 11.8 Å². The first-order chi connectivity index (χ1) is 4.18. The molecule has 0 saturated carbocycles. The van der Waals surface area contributed by atoms with E-state index in [0.717, 1.165) is 12.2 Å². The summed E-state index contributed by atoms with van der Waals surface area (Å²) < 4.78 is 0. The highest BCUT2D eigenvalue weighted by molar-refractivity contribution is 7.98. The van der Waals surface area contributed by atoms with Gasteiger partial charge in [0.2, 0.25) is 0 Å². The lowest BCUT2D eigenvalue weighted by atomic mass is 10.2. The fourth-order valence-electron chi connectivity index (χ4n) is 0.430. The Morgan fingerprint density at radius 1 is 1.78 bits per heavy atom. The highest BCUT2D eigenvalue weighted by Crippen LogP contribution is 2.00. The van der Waals surface area contributed by atoms with E-state index in [-0.39, 0.29) is 6.04 Å². The topological polar surface area (TPSA) is 52.0 Å². The van der Waals surface area contributed by atoms with Gasteiger partial charge in [0.15, 0.2) is 0 Å². The van der Waals surface area contributed by atoms with E-state index >= 15 is 0 Å². The molecule has 9 heavy (non-hydrogen) atoms. The third-order valence-corrected chi connectivity index (χ3v) is 1.75. The number of hydrogen-bond acceptors (Lipinski definition) is 3. The van der Waals surface area contributed by atoms with E-state index in [1.165, 1.54) is 0 Å². The zero-order chi connectivity index (χ0) is 7.28. The van der Waals surface area contributed by atoms with Crippen LogP contribution in [0.3, 0.4) is 0 Å². The predicted octanol–water partition coefficient (Wildman–Crippen LogP) is 0.539. The second-order valence-electron chi connectivity index (χ2n) is 1.96. The minimum Gasteiger partial charge on any atom is -0.401 e. The lowest BCUT2D eigenvalue weighted by molar-refractivity contribution is 0.741. The largest absolute Gasteiger partial charge is 0.401 e. The molecule has 2 nitrogen and oxygen atoms in total. The van der Waals surface area contributed by atoms with Gasteiger partial charge in [-0.05, 0) is 18.4 Å². The lowest BCUT2D eigenvalue weighted by Gasteiger charge is -2.08. The third kappa shape index (κ3) is 4.36. The number of rotatable bonds is 4. The van der Waals surface area contributed by atoms with Crippen LogP contribution in [0, 0.1) is 0 Å². The summed E-state index contributed by atoms with van der Waals surface area (Å²) in [6.45, 7) is 3.55. The molecule has 0 spiro atoms. The van der Waals surface area contributed by atoms with E-state index in [9.17, 15) is 0 Å². The molecule has 0 rings (SSSR count). The van der Waals surface area contributed by atoms with E-state index in [1.807, 2.05) is 6.26 Å². The molecule has 0 saturated heterocycles. The molecule has 0 aliphatic carbocycles. The first-order valence-corrected chi connectivity index (χ1v) is 4.26. The van der Waals surface area contributed by atoms with Gasteiger partial charge in [0.25, 0.3) is 0 Å². The summed E-state index contributed by atoms with van der Waals surface area (Å²) in [4.78, 5) is 0. The average Bonchev–Trinajstić information content (AvgIpc) is 1.82. The Hall–Kier alpha value is -0.150. The summed E-state index contributed by atoms with van der Waals surface area (Å²) in [5.74, 6) is 1.05. The van der Waals surface area contributed by atoms with Crippen molar-refractivity contribution in [3.63, 3.8) is 0 Å². The van der Waals surface area contributed by atoms with Gasteiger partial charge >= 0.3 is 0 Å². The van der Waals surface area contributed by atoms with Gasteiger partial charge in [-0.25, -0.2) is 0 Å². The van der Waals surface area contributed by atoms with E-state index < -0.39 is 0 Å². The molecule has 1 atom stereocenters. The van der Waals surface area contributed by atoms with Gasteiger partial charge in [-0.15, -0.1) is 0 Å². The van der Waals surface area contributed by atoms with Gasteiger partial charge in [-0.1, -0.05) is 6.58 Å². The maximum atomic E-state index is 5.56. The molecule has 0 bridgehead atoms. The van der Waals surface area contributed by atoms with Gasteiger partial charge in [-0.3, -0.25) is 0 Å². The summed E-state index contributed by atoms with van der Waals surface area (Å²) in [6, 6.07) is -0.0163. The quantitative estimate of drug-likeness (QED) is 0.608. The van der Waals surface area contributed by atoms with Crippen LogP contribution in [0.4, 0.5) is 0 Å². The predicted molar refractivity (Wildman–Crippen MR) is 44.3 cm³/mol. The van der Waals surface area contributed by atoms with Crippen molar-refractivity contribution in [1.29, 1.82) is 0 Å². The molecule has 0 aliphatic rings. The Morgan fingerprint density at radius 2 is 2.33 bits per heavy atom. The zero-order valence-electron chi connectivity index (χ0n) is 5.76. The Balaban J connectivity index is 3.27. The zero-order valence-corrected chi connectivity index (χ0v) is 6.58. The minimum atomic E-state index is -0.0163. The standard InChI is InChI=1S/C6H14N2S/c1-5(7)6(8)3-4-9-2/h6H,1,3-4,7-8H2,2H3/t6-/m0/s1. The lowest BCUT2D eigenvalue weighted by Crippen LogP contribution is -2.27. The molecule has 0 aromatic rings. The molecule has 3 heteroatoms. The van der Waals surface area contributed by atoms with Crippen molar-refractivity contribution in [2.45, 2.75) is 12.5 Å². The maximum Gasteiger partial charge on any atom is 0.0444 e. The van der Waals surface area contributed by atoms with Crippen LogP contribution < -0.4 is 11.5 Å². The molecule has 0 aliphatic heterocycles. The summed E-state index contributed by atoms with van der Waals surface area (Å²) in [5, 5.41) is 0. The normalized spacial score (nSPS) is 13.1. The van der Waals surface area contributed by atoms with Crippen molar-refractivity contribution in [1.82, 2.24) is 0 Å². The highest BCUT2D eigenvalue weighted by Gasteiger charge is 2.00. The molecular weight excluding hydrogens is 132 g/mol. The molecular formula is C6H14N2S. The molecule has 0 unspecified atom stereocenters. The molecule has 0 fully saturated rings. The van der Waals surface area contributed by atoms with Crippen LogP contribution in [0.25, 0.3) is 0 Å². The summed E-state index contributed by atoms with van der Waals surface area (Å²) in [7, 11) is 0. The van der Waals surface area contributed by atoms with Crippen LogP contribution in [-0.2, 0) is 0 Å². The first-order valence-electron chi connectivity index (χ1n) is 2.87. The Morgan fingerprint density at radius 3 is 2.67 bits per heavy atom. The van der Waals surface area contributed by atoms with Crippen molar-refractivity contribution >= 4 is 11.8 Å². The van der Waals surface area contributed by atoms with Crippen molar-refractivity contribution in [3.8, 4) is 0 Å². The second kappa shape index (κ2) is 4.70. The molecule has 4 N–H and O–H groups in total. The maximum absolute atomic E-state index is 5.56. The van der Waals surface area contributed by atoms with Gasteiger partial charge in [0.05, 0.1) is 0 Å². The van der Waals surface area contributed by atoms with Crippen LogP contribution in [0.1, 0.15) is 6.42 Å². The van der Waals surface area contributed by atoms with Crippen molar-refractivity contribution in [2.24, 2.45) is 11.5 Å².